The standard InChI is InChI=1S/C15H17ClN2O2S/c1-3-10(2)17-15(19)13-9-21-14(18-13)8-20-12-6-4-5-11(16)7-12/h4-7,9-10H,3,8H2,1-2H3,(H,17,19). The van der Waals surface area contributed by atoms with Gasteiger partial charge in [0.1, 0.15) is 23.1 Å². The summed E-state index contributed by atoms with van der Waals surface area (Å²) in [6.45, 7) is 4.31. The Kier molecular flexibility index (Phi) is 5.59. The summed E-state index contributed by atoms with van der Waals surface area (Å²) in [5.41, 5.74) is 0.435. The first kappa shape index (κ1) is 15.8. The van der Waals surface area contributed by atoms with Crippen molar-refractivity contribution in [3.8, 4) is 5.75 Å². The van der Waals surface area contributed by atoms with Crippen LogP contribution in [0.4, 0.5) is 0 Å². The van der Waals surface area contributed by atoms with Crippen molar-refractivity contribution in [1.82, 2.24) is 10.3 Å². The van der Waals surface area contributed by atoms with E-state index in [1.807, 2.05) is 26.0 Å². The van der Waals surface area contributed by atoms with Gasteiger partial charge in [-0.1, -0.05) is 24.6 Å². The van der Waals surface area contributed by atoms with Crippen molar-refractivity contribution >= 4 is 28.8 Å². The summed E-state index contributed by atoms with van der Waals surface area (Å²) in [4.78, 5) is 16.2. The fourth-order valence-corrected chi connectivity index (χ4v) is 2.45. The molecular formula is C15H17ClN2O2S. The van der Waals surface area contributed by atoms with Crippen molar-refractivity contribution in [2.24, 2.45) is 0 Å². The monoisotopic (exact) mass is 324 g/mol. The summed E-state index contributed by atoms with van der Waals surface area (Å²) in [5, 5.41) is 6.01. The molecule has 21 heavy (non-hydrogen) atoms. The Morgan fingerprint density at radius 1 is 1.52 bits per heavy atom. The molecule has 0 saturated carbocycles. The number of hydrogen-bond donors (Lipinski definition) is 1. The van der Waals surface area contributed by atoms with Gasteiger partial charge in [0, 0.05) is 16.4 Å². The summed E-state index contributed by atoms with van der Waals surface area (Å²) in [5.74, 6) is 0.540. The maximum absolute atomic E-state index is 11.9. The summed E-state index contributed by atoms with van der Waals surface area (Å²) in [6.07, 6.45) is 0.889. The largest absolute Gasteiger partial charge is 0.486 e. The van der Waals surface area contributed by atoms with Crippen LogP contribution in [-0.2, 0) is 6.61 Å². The number of benzene rings is 1. The van der Waals surface area contributed by atoms with Gasteiger partial charge in [-0.05, 0) is 31.5 Å². The Bertz CT molecular complexity index is 615. The molecule has 4 nitrogen and oxygen atoms in total. The van der Waals surface area contributed by atoms with Crippen LogP contribution in [0.5, 0.6) is 5.75 Å². The molecule has 0 aliphatic rings. The van der Waals surface area contributed by atoms with Crippen LogP contribution in [-0.4, -0.2) is 16.9 Å². The van der Waals surface area contributed by atoms with E-state index in [1.54, 1.807) is 17.5 Å². The number of ether oxygens (including phenoxy) is 1. The van der Waals surface area contributed by atoms with E-state index < -0.39 is 0 Å². The zero-order chi connectivity index (χ0) is 15.2. The van der Waals surface area contributed by atoms with Gasteiger partial charge in [0.05, 0.1) is 0 Å². The molecule has 6 heteroatoms. The molecular weight excluding hydrogens is 308 g/mol. The molecule has 0 saturated heterocycles. The zero-order valence-corrected chi connectivity index (χ0v) is 13.5. The van der Waals surface area contributed by atoms with E-state index in [-0.39, 0.29) is 11.9 Å². The van der Waals surface area contributed by atoms with Crippen LogP contribution in [0.15, 0.2) is 29.6 Å². The van der Waals surface area contributed by atoms with E-state index in [0.717, 1.165) is 11.4 Å². The van der Waals surface area contributed by atoms with E-state index in [0.29, 0.717) is 23.1 Å². The number of carbonyl (C=O) groups excluding carboxylic acids is 1. The van der Waals surface area contributed by atoms with E-state index in [4.69, 9.17) is 16.3 Å². The molecule has 2 aromatic rings. The van der Waals surface area contributed by atoms with Crippen molar-refractivity contribution in [2.45, 2.75) is 32.9 Å². The molecule has 0 bridgehead atoms. The van der Waals surface area contributed by atoms with Crippen LogP contribution in [0.1, 0.15) is 35.8 Å². The van der Waals surface area contributed by atoms with Gasteiger partial charge in [-0.2, -0.15) is 0 Å². The van der Waals surface area contributed by atoms with Gasteiger partial charge in [0.25, 0.3) is 5.91 Å². The van der Waals surface area contributed by atoms with Crippen molar-refractivity contribution in [1.29, 1.82) is 0 Å². The maximum atomic E-state index is 11.9. The molecule has 1 atom stereocenters. The number of hydrogen-bond acceptors (Lipinski definition) is 4. The number of halogens is 1. The summed E-state index contributed by atoms with van der Waals surface area (Å²) < 4.78 is 5.60. The predicted octanol–water partition coefficient (Wildman–Crippen LogP) is 3.90. The van der Waals surface area contributed by atoms with Crippen LogP contribution < -0.4 is 10.1 Å². The molecule has 0 aliphatic heterocycles. The smallest absolute Gasteiger partial charge is 0.270 e. The van der Waals surface area contributed by atoms with Gasteiger partial charge in [0.15, 0.2) is 0 Å². The molecule has 1 unspecified atom stereocenters. The van der Waals surface area contributed by atoms with Crippen molar-refractivity contribution in [2.75, 3.05) is 0 Å². The van der Waals surface area contributed by atoms with Gasteiger partial charge in [-0.15, -0.1) is 11.3 Å². The third-order valence-electron chi connectivity index (χ3n) is 2.93. The third-order valence-corrected chi connectivity index (χ3v) is 3.99. The Labute approximate surface area is 133 Å². The predicted molar refractivity (Wildman–Crippen MR) is 85.1 cm³/mol. The van der Waals surface area contributed by atoms with Gasteiger partial charge in [0.2, 0.25) is 0 Å². The van der Waals surface area contributed by atoms with E-state index in [9.17, 15) is 4.79 Å². The number of amides is 1. The number of thiazole rings is 1. The second kappa shape index (κ2) is 7.43. The van der Waals surface area contributed by atoms with Crippen LogP contribution in [0.2, 0.25) is 5.02 Å². The SMILES string of the molecule is CCC(C)NC(=O)c1csc(COc2cccc(Cl)c2)n1. The highest BCUT2D eigenvalue weighted by Gasteiger charge is 2.12. The van der Waals surface area contributed by atoms with Crippen LogP contribution >= 0.6 is 22.9 Å². The van der Waals surface area contributed by atoms with Gasteiger partial charge < -0.3 is 10.1 Å². The molecule has 0 spiro atoms. The second-order valence-corrected chi connectivity index (χ2v) is 6.03. The average Bonchev–Trinajstić information content (AvgIpc) is 2.94. The lowest BCUT2D eigenvalue weighted by Crippen LogP contribution is -2.32. The fourth-order valence-electron chi connectivity index (χ4n) is 1.58. The van der Waals surface area contributed by atoms with Crippen molar-refractivity contribution < 1.29 is 9.53 Å². The summed E-state index contributed by atoms with van der Waals surface area (Å²) in [6, 6.07) is 7.33. The van der Waals surface area contributed by atoms with E-state index in [2.05, 4.69) is 10.3 Å². The van der Waals surface area contributed by atoms with Crippen LogP contribution in [0.25, 0.3) is 0 Å². The van der Waals surface area contributed by atoms with Crippen molar-refractivity contribution in [3.05, 3.63) is 45.4 Å². The third kappa shape index (κ3) is 4.72. The minimum absolute atomic E-state index is 0.144. The normalized spacial score (nSPS) is 12.0. The molecule has 0 aliphatic carbocycles. The molecule has 1 amide bonds. The number of carbonyl (C=O) groups is 1. The molecule has 2 rings (SSSR count). The first-order chi connectivity index (χ1) is 10.1. The lowest BCUT2D eigenvalue weighted by Gasteiger charge is -2.09. The molecule has 112 valence electrons. The number of aromatic nitrogens is 1. The number of nitrogens with zero attached hydrogens (tertiary/aromatic N) is 1. The molecule has 1 aromatic carbocycles. The topological polar surface area (TPSA) is 51.2 Å². The fraction of sp³-hybridized carbons (Fsp3) is 0.333. The highest BCUT2D eigenvalue weighted by atomic mass is 35.5. The first-order valence-corrected chi connectivity index (χ1v) is 7.98. The Hall–Kier alpha value is -1.59. The highest BCUT2D eigenvalue weighted by Crippen LogP contribution is 2.19. The van der Waals surface area contributed by atoms with E-state index in [1.165, 1.54) is 11.3 Å². The molecule has 1 heterocycles. The average molecular weight is 325 g/mol. The Morgan fingerprint density at radius 3 is 3.05 bits per heavy atom. The summed E-state index contributed by atoms with van der Waals surface area (Å²) in [7, 11) is 0. The Morgan fingerprint density at radius 2 is 2.33 bits per heavy atom. The quantitative estimate of drug-likeness (QED) is 0.876. The lowest BCUT2D eigenvalue weighted by atomic mass is 10.2. The number of rotatable bonds is 6. The van der Waals surface area contributed by atoms with Crippen LogP contribution in [0.3, 0.4) is 0 Å². The number of nitrogens with one attached hydrogen (secondary N) is 1. The summed E-state index contributed by atoms with van der Waals surface area (Å²) >= 11 is 7.29. The minimum Gasteiger partial charge on any atom is -0.486 e. The second-order valence-electron chi connectivity index (χ2n) is 4.66. The van der Waals surface area contributed by atoms with Crippen molar-refractivity contribution in [3.63, 3.8) is 0 Å². The van der Waals surface area contributed by atoms with Gasteiger partial charge >= 0.3 is 0 Å². The molecule has 1 aromatic heterocycles. The lowest BCUT2D eigenvalue weighted by molar-refractivity contribution is 0.0934. The minimum atomic E-state index is -0.144. The van der Waals surface area contributed by atoms with E-state index >= 15 is 0 Å². The molecule has 0 fully saturated rings. The van der Waals surface area contributed by atoms with Gasteiger partial charge in [-0.25, -0.2) is 4.98 Å². The molecule has 0 radical (unpaired) electrons. The van der Waals surface area contributed by atoms with Gasteiger partial charge in [-0.3, -0.25) is 4.79 Å². The Balaban J connectivity index is 1.92. The zero-order valence-electron chi connectivity index (χ0n) is 11.9. The molecule has 1 N–H and O–H groups in total. The van der Waals surface area contributed by atoms with Crippen LogP contribution in [0, 0.1) is 0 Å². The highest BCUT2D eigenvalue weighted by molar-refractivity contribution is 7.09. The first-order valence-electron chi connectivity index (χ1n) is 6.72. The maximum Gasteiger partial charge on any atom is 0.270 e.